The van der Waals surface area contributed by atoms with Crippen LogP contribution in [0.2, 0.25) is 0 Å². The third kappa shape index (κ3) is 4.26. The molecular weight excluding hydrogens is 164 g/mol. The van der Waals surface area contributed by atoms with Gasteiger partial charge in [-0.25, -0.2) is 15.0 Å². The number of amides is 1. The topological polar surface area (TPSA) is 88.0 Å². The standard InChI is InChI=1S/C6H10N2O4/c1-3-12-6(11)8-7-4(2)5(9)10/h3H2,1-2H3,(H,8,11)(H,9,10)/b7-4+. The Balaban J connectivity index is 3.87. The lowest BCUT2D eigenvalue weighted by molar-refractivity contribution is -0.129. The van der Waals surface area contributed by atoms with Gasteiger partial charge in [-0.05, 0) is 13.8 Å². The number of hydrogen-bond acceptors (Lipinski definition) is 4. The van der Waals surface area contributed by atoms with Crippen LogP contribution >= 0.6 is 0 Å². The maximum Gasteiger partial charge on any atom is 0.427 e. The summed E-state index contributed by atoms with van der Waals surface area (Å²) >= 11 is 0. The lowest BCUT2D eigenvalue weighted by Crippen LogP contribution is -2.22. The maximum absolute atomic E-state index is 10.5. The Bertz CT molecular complexity index is 212. The van der Waals surface area contributed by atoms with Gasteiger partial charge in [-0.3, -0.25) is 0 Å². The minimum absolute atomic E-state index is 0.206. The van der Waals surface area contributed by atoms with Crippen molar-refractivity contribution in [3.05, 3.63) is 0 Å². The highest BCUT2D eigenvalue weighted by atomic mass is 16.5. The Labute approximate surface area is 69.2 Å². The van der Waals surface area contributed by atoms with Crippen LogP contribution in [0.25, 0.3) is 0 Å². The molecule has 0 aliphatic carbocycles. The van der Waals surface area contributed by atoms with E-state index in [0.717, 1.165) is 0 Å². The minimum Gasteiger partial charge on any atom is -0.477 e. The zero-order valence-electron chi connectivity index (χ0n) is 6.83. The van der Waals surface area contributed by atoms with Crippen LogP contribution in [0.1, 0.15) is 13.8 Å². The molecule has 0 aliphatic heterocycles. The highest BCUT2D eigenvalue weighted by Crippen LogP contribution is 1.78. The Morgan fingerprint density at radius 3 is 2.58 bits per heavy atom. The van der Waals surface area contributed by atoms with Gasteiger partial charge in [0.25, 0.3) is 0 Å². The van der Waals surface area contributed by atoms with Gasteiger partial charge in [0.2, 0.25) is 0 Å². The van der Waals surface area contributed by atoms with E-state index in [-0.39, 0.29) is 12.3 Å². The molecule has 0 saturated carbocycles. The molecule has 6 heteroatoms. The van der Waals surface area contributed by atoms with Crippen LogP contribution in [0.5, 0.6) is 0 Å². The van der Waals surface area contributed by atoms with Crippen molar-refractivity contribution in [3.63, 3.8) is 0 Å². The lowest BCUT2D eigenvalue weighted by Gasteiger charge is -1.98. The molecule has 0 radical (unpaired) electrons. The smallest absolute Gasteiger partial charge is 0.427 e. The monoisotopic (exact) mass is 174 g/mol. The average Bonchev–Trinajstić information content (AvgIpc) is 2.00. The molecule has 0 fully saturated rings. The third-order valence-corrected chi connectivity index (χ3v) is 0.900. The molecule has 0 saturated heterocycles. The Hall–Kier alpha value is -1.59. The molecule has 0 atom stereocenters. The molecule has 0 aromatic carbocycles. The Morgan fingerprint density at radius 1 is 1.58 bits per heavy atom. The molecule has 0 unspecified atom stereocenters. The number of aliphatic carboxylic acids is 1. The van der Waals surface area contributed by atoms with Gasteiger partial charge in [0.15, 0.2) is 0 Å². The van der Waals surface area contributed by atoms with Crippen LogP contribution in [0.4, 0.5) is 4.79 Å². The Kier molecular flexibility index (Phi) is 4.43. The molecule has 68 valence electrons. The predicted octanol–water partition coefficient (Wildman–Crippen LogP) is 0.193. The highest BCUT2D eigenvalue weighted by molar-refractivity contribution is 6.34. The molecule has 0 heterocycles. The minimum atomic E-state index is -1.19. The fourth-order valence-electron chi connectivity index (χ4n) is 0.341. The second-order valence-electron chi connectivity index (χ2n) is 1.83. The van der Waals surface area contributed by atoms with Gasteiger partial charge in [-0.2, -0.15) is 5.10 Å². The van der Waals surface area contributed by atoms with Crippen LogP contribution in [-0.2, 0) is 9.53 Å². The van der Waals surface area contributed by atoms with Crippen molar-refractivity contribution in [1.82, 2.24) is 5.43 Å². The number of carboxylic acids is 1. The first kappa shape index (κ1) is 10.4. The molecule has 12 heavy (non-hydrogen) atoms. The number of hydrogen-bond donors (Lipinski definition) is 2. The summed E-state index contributed by atoms with van der Waals surface area (Å²) in [7, 11) is 0. The molecule has 0 aromatic rings. The first-order valence-electron chi connectivity index (χ1n) is 3.28. The van der Waals surface area contributed by atoms with E-state index < -0.39 is 12.1 Å². The molecular formula is C6H10N2O4. The number of carbonyl (C=O) groups is 2. The summed E-state index contributed by atoms with van der Waals surface area (Å²) in [5.41, 5.74) is 1.71. The number of ether oxygens (including phenoxy) is 1. The summed E-state index contributed by atoms with van der Waals surface area (Å²) in [4.78, 5) is 20.7. The number of rotatable bonds is 3. The summed E-state index contributed by atoms with van der Waals surface area (Å²) in [6.07, 6.45) is -0.766. The molecule has 0 rings (SSSR count). The van der Waals surface area contributed by atoms with E-state index in [1.807, 2.05) is 5.43 Å². The quantitative estimate of drug-likeness (QED) is 0.472. The summed E-state index contributed by atoms with van der Waals surface area (Å²) in [6.45, 7) is 3.11. The maximum atomic E-state index is 10.5. The number of hydrazone groups is 1. The van der Waals surface area contributed by atoms with Crippen LogP contribution in [0.3, 0.4) is 0 Å². The first-order chi connectivity index (χ1) is 5.57. The number of nitrogens with one attached hydrogen (secondary N) is 1. The van der Waals surface area contributed by atoms with Gasteiger partial charge >= 0.3 is 12.1 Å². The first-order valence-corrected chi connectivity index (χ1v) is 3.28. The van der Waals surface area contributed by atoms with Gasteiger partial charge in [-0.1, -0.05) is 0 Å². The van der Waals surface area contributed by atoms with E-state index in [0.29, 0.717) is 0 Å². The van der Waals surface area contributed by atoms with Crippen LogP contribution in [0.15, 0.2) is 5.10 Å². The number of carboxylic acid groups (broad SMARTS) is 1. The van der Waals surface area contributed by atoms with Crippen molar-refractivity contribution < 1.29 is 19.4 Å². The van der Waals surface area contributed by atoms with Gasteiger partial charge in [0, 0.05) is 0 Å². The Morgan fingerprint density at radius 2 is 2.17 bits per heavy atom. The van der Waals surface area contributed by atoms with Crippen LogP contribution in [-0.4, -0.2) is 29.5 Å². The van der Waals surface area contributed by atoms with Crippen molar-refractivity contribution in [2.45, 2.75) is 13.8 Å². The highest BCUT2D eigenvalue weighted by Gasteiger charge is 2.02. The fourth-order valence-corrected chi connectivity index (χ4v) is 0.341. The summed E-state index contributed by atoms with van der Waals surface area (Å²) in [5.74, 6) is -1.19. The molecule has 1 amide bonds. The van der Waals surface area contributed by atoms with E-state index in [1.54, 1.807) is 6.92 Å². The van der Waals surface area contributed by atoms with Crippen LogP contribution in [0, 0.1) is 0 Å². The van der Waals surface area contributed by atoms with Gasteiger partial charge < -0.3 is 9.84 Å². The van der Waals surface area contributed by atoms with Crippen molar-refractivity contribution in [1.29, 1.82) is 0 Å². The largest absolute Gasteiger partial charge is 0.477 e. The summed E-state index contributed by atoms with van der Waals surface area (Å²) < 4.78 is 4.42. The van der Waals surface area contributed by atoms with Gasteiger partial charge in [0.1, 0.15) is 5.71 Å². The molecule has 0 aliphatic rings. The summed E-state index contributed by atoms with van der Waals surface area (Å²) in [6, 6.07) is 0. The number of nitrogens with zero attached hydrogens (tertiary/aromatic N) is 1. The second-order valence-corrected chi connectivity index (χ2v) is 1.83. The van der Waals surface area contributed by atoms with Crippen molar-refractivity contribution in [2.24, 2.45) is 5.10 Å². The third-order valence-electron chi connectivity index (χ3n) is 0.900. The van der Waals surface area contributed by atoms with E-state index in [1.165, 1.54) is 6.92 Å². The van der Waals surface area contributed by atoms with Gasteiger partial charge in [-0.15, -0.1) is 0 Å². The SMILES string of the molecule is CCOC(=O)N/N=C(\C)C(=O)O. The van der Waals surface area contributed by atoms with Crippen molar-refractivity contribution >= 4 is 17.8 Å². The zero-order chi connectivity index (χ0) is 9.56. The van der Waals surface area contributed by atoms with Crippen molar-refractivity contribution in [2.75, 3.05) is 6.61 Å². The van der Waals surface area contributed by atoms with Crippen molar-refractivity contribution in [3.8, 4) is 0 Å². The van der Waals surface area contributed by atoms with E-state index >= 15 is 0 Å². The van der Waals surface area contributed by atoms with Crippen LogP contribution < -0.4 is 5.43 Å². The molecule has 6 nitrogen and oxygen atoms in total. The van der Waals surface area contributed by atoms with E-state index in [9.17, 15) is 9.59 Å². The normalized spacial score (nSPS) is 10.7. The lowest BCUT2D eigenvalue weighted by atomic mass is 10.4. The van der Waals surface area contributed by atoms with E-state index in [2.05, 4.69) is 9.84 Å². The predicted molar refractivity (Wildman–Crippen MR) is 40.9 cm³/mol. The van der Waals surface area contributed by atoms with E-state index in [4.69, 9.17) is 5.11 Å². The zero-order valence-corrected chi connectivity index (χ0v) is 6.83. The second kappa shape index (κ2) is 5.11. The fraction of sp³-hybridized carbons (Fsp3) is 0.500. The molecule has 2 N–H and O–H groups in total. The molecule has 0 bridgehead atoms. The molecule has 0 aromatic heterocycles. The average molecular weight is 174 g/mol. The number of carbonyl (C=O) groups excluding carboxylic acids is 1. The van der Waals surface area contributed by atoms with Gasteiger partial charge in [0.05, 0.1) is 6.61 Å². The molecule has 0 spiro atoms. The summed E-state index contributed by atoms with van der Waals surface area (Å²) in [5, 5.41) is 11.5.